The largest absolute Gasteiger partial charge is 0.393 e. The van der Waals surface area contributed by atoms with Gasteiger partial charge in [-0.05, 0) is 65.4 Å². The van der Waals surface area contributed by atoms with Crippen molar-refractivity contribution >= 4 is 27.9 Å². The first-order chi connectivity index (χ1) is 12.0. The first-order valence-corrected chi connectivity index (χ1v) is 8.97. The van der Waals surface area contributed by atoms with Crippen LogP contribution in [0.25, 0.3) is 11.8 Å². The zero-order chi connectivity index (χ0) is 17.8. The van der Waals surface area contributed by atoms with Crippen LogP contribution in [-0.2, 0) is 4.79 Å². The third-order valence-electron chi connectivity index (χ3n) is 4.24. The van der Waals surface area contributed by atoms with E-state index in [1.165, 1.54) is 16.8 Å². The van der Waals surface area contributed by atoms with Crippen LogP contribution in [0.15, 0.2) is 41.1 Å². The van der Waals surface area contributed by atoms with Gasteiger partial charge in [-0.1, -0.05) is 6.07 Å². The highest BCUT2D eigenvalue weighted by atomic mass is 79.9. The molecule has 132 valence electrons. The molecular weight excluding hydrogens is 389 g/mol. The van der Waals surface area contributed by atoms with E-state index in [1.54, 1.807) is 30.6 Å². The van der Waals surface area contributed by atoms with Crippen molar-refractivity contribution in [2.24, 2.45) is 0 Å². The van der Waals surface area contributed by atoms with E-state index < -0.39 is 5.82 Å². The van der Waals surface area contributed by atoms with Crippen molar-refractivity contribution in [3.63, 3.8) is 0 Å². The minimum Gasteiger partial charge on any atom is -0.393 e. The zero-order valence-corrected chi connectivity index (χ0v) is 15.1. The summed E-state index contributed by atoms with van der Waals surface area (Å²) in [6, 6.07) is 4.81. The van der Waals surface area contributed by atoms with Crippen LogP contribution in [0.5, 0.6) is 0 Å². The Morgan fingerprint density at radius 3 is 2.76 bits per heavy atom. The minimum atomic E-state index is -0.417. The van der Waals surface area contributed by atoms with Crippen molar-refractivity contribution in [1.82, 2.24) is 15.1 Å². The van der Waals surface area contributed by atoms with E-state index in [0.29, 0.717) is 24.1 Å². The van der Waals surface area contributed by atoms with Crippen molar-refractivity contribution in [1.29, 1.82) is 0 Å². The van der Waals surface area contributed by atoms with Crippen LogP contribution < -0.4 is 5.32 Å². The predicted octanol–water partition coefficient (Wildman–Crippen LogP) is 3.21. The second-order valence-electron chi connectivity index (χ2n) is 6.16. The fourth-order valence-electron chi connectivity index (χ4n) is 2.89. The molecule has 1 aromatic carbocycles. The van der Waals surface area contributed by atoms with Gasteiger partial charge in [0, 0.05) is 18.3 Å². The number of nitrogens with zero attached hydrogens (tertiary/aromatic N) is 2. The Labute approximate surface area is 153 Å². The van der Waals surface area contributed by atoms with Crippen molar-refractivity contribution in [2.45, 2.75) is 37.8 Å². The fraction of sp³-hybridized carbons (Fsp3) is 0.333. The number of nitrogens with one attached hydrogen (secondary N) is 1. The van der Waals surface area contributed by atoms with Crippen molar-refractivity contribution in [2.75, 3.05) is 0 Å². The third-order valence-corrected chi connectivity index (χ3v) is 4.65. The number of rotatable bonds is 4. The zero-order valence-electron chi connectivity index (χ0n) is 13.5. The molecule has 25 heavy (non-hydrogen) atoms. The van der Waals surface area contributed by atoms with E-state index in [1.807, 2.05) is 0 Å². The summed E-state index contributed by atoms with van der Waals surface area (Å²) in [7, 11) is 0. The maximum absolute atomic E-state index is 14.2. The molecule has 2 aromatic rings. The topological polar surface area (TPSA) is 67.2 Å². The molecule has 1 saturated carbocycles. The SMILES string of the molecule is O=C(/C=C/c1ccc(-n2cc(Br)cn2)c(F)c1)NC1CCC(O)CC1. The summed E-state index contributed by atoms with van der Waals surface area (Å²) < 4.78 is 16.5. The van der Waals surface area contributed by atoms with Crippen LogP contribution in [-0.4, -0.2) is 32.9 Å². The van der Waals surface area contributed by atoms with Gasteiger partial charge in [-0.15, -0.1) is 0 Å². The average molecular weight is 408 g/mol. The Bertz CT molecular complexity index is 782. The lowest BCUT2D eigenvalue weighted by Crippen LogP contribution is -2.37. The number of aromatic nitrogens is 2. The van der Waals surface area contributed by atoms with Gasteiger partial charge in [-0.2, -0.15) is 5.10 Å². The lowest BCUT2D eigenvalue weighted by atomic mass is 9.93. The van der Waals surface area contributed by atoms with E-state index in [9.17, 15) is 14.3 Å². The summed E-state index contributed by atoms with van der Waals surface area (Å²) >= 11 is 3.28. The van der Waals surface area contributed by atoms with Crippen LogP contribution >= 0.6 is 15.9 Å². The summed E-state index contributed by atoms with van der Waals surface area (Å²) in [5, 5.41) is 16.4. The average Bonchev–Trinajstić information content (AvgIpc) is 3.01. The summed E-state index contributed by atoms with van der Waals surface area (Å²) in [6.07, 6.45) is 8.98. The molecule has 1 aromatic heterocycles. The molecule has 7 heteroatoms. The lowest BCUT2D eigenvalue weighted by molar-refractivity contribution is -0.117. The molecule has 2 N–H and O–H groups in total. The smallest absolute Gasteiger partial charge is 0.244 e. The number of halogens is 2. The standard InChI is InChI=1S/C18H19BrFN3O2/c19-13-10-21-23(11-13)17-7-1-12(9-16(17)20)2-8-18(25)22-14-3-5-15(24)6-4-14/h1-2,7-11,14-15,24H,3-6H2,(H,22,25)/b8-2+. The summed E-state index contributed by atoms with van der Waals surface area (Å²) in [5.74, 6) is -0.624. The third kappa shape index (κ3) is 4.76. The molecule has 0 radical (unpaired) electrons. The number of hydrogen-bond acceptors (Lipinski definition) is 3. The molecule has 1 amide bonds. The predicted molar refractivity (Wildman–Crippen MR) is 96.7 cm³/mol. The Balaban J connectivity index is 1.61. The van der Waals surface area contributed by atoms with Gasteiger partial charge >= 0.3 is 0 Å². The maximum Gasteiger partial charge on any atom is 0.244 e. The van der Waals surface area contributed by atoms with Crippen molar-refractivity contribution < 1.29 is 14.3 Å². The highest BCUT2D eigenvalue weighted by Gasteiger charge is 2.19. The second kappa shape index (κ2) is 7.93. The van der Waals surface area contributed by atoms with Gasteiger partial charge < -0.3 is 10.4 Å². The van der Waals surface area contributed by atoms with Gasteiger partial charge in [0.05, 0.1) is 16.8 Å². The highest BCUT2D eigenvalue weighted by molar-refractivity contribution is 9.10. The van der Waals surface area contributed by atoms with Gasteiger partial charge in [0.25, 0.3) is 0 Å². The molecule has 0 saturated heterocycles. The van der Waals surface area contributed by atoms with E-state index in [-0.39, 0.29) is 18.1 Å². The molecule has 3 rings (SSSR count). The lowest BCUT2D eigenvalue weighted by Gasteiger charge is -2.25. The molecule has 5 nitrogen and oxygen atoms in total. The van der Waals surface area contributed by atoms with E-state index in [2.05, 4.69) is 26.3 Å². The first kappa shape index (κ1) is 17.8. The number of amides is 1. The number of hydrogen-bond donors (Lipinski definition) is 2. The number of aliphatic hydroxyl groups is 1. The Kier molecular flexibility index (Phi) is 5.65. The molecule has 0 spiro atoms. The van der Waals surface area contributed by atoms with Gasteiger partial charge in [0.2, 0.25) is 5.91 Å². The molecule has 0 aliphatic heterocycles. The normalized spacial score (nSPS) is 20.8. The van der Waals surface area contributed by atoms with Crippen LogP contribution in [0.2, 0.25) is 0 Å². The van der Waals surface area contributed by atoms with Crippen LogP contribution in [0, 0.1) is 5.82 Å². The number of carbonyl (C=O) groups excluding carboxylic acids is 1. The van der Waals surface area contributed by atoms with E-state index >= 15 is 0 Å². The molecule has 1 fully saturated rings. The summed E-state index contributed by atoms with van der Waals surface area (Å²) in [6.45, 7) is 0. The van der Waals surface area contributed by atoms with Crippen LogP contribution in [0.3, 0.4) is 0 Å². The summed E-state index contributed by atoms with van der Waals surface area (Å²) in [5.41, 5.74) is 0.940. The monoisotopic (exact) mass is 407 g/mol. The number of benzene rings is 1. The Morgan fingerprint density at radius 1 is 1.36 bits per heavy atom. The van der Waals surface area contributed by atoms with Gasteiger partial charge in [-0.3, -0.25) is 4.79 Å². The first-order valence-electron chi connectivity index (χ1n) is 8.18. The Morgan fingerprint density at radius 2 is 2.12 bits per heavy atom. The van der Waals surface area contributed by atoms with Gasteiger partial charge in [0.1, 0.15) is 11.5 Å². The Hall–Kier alpha value is -1.99. The molecule has 1 heterocycles. The molecule has 1 aliphatic rings. The van der Waals surface area contributed by atoms with Crippen LogP contribution in [0.1, 0.15) is 31.2 Å². The summed E-state index contributed by atoms with van der Waals surface area (Å²) in [4.78, 5) is 12.0. The molecule has 0 bridgehead atoms. The van der Waals surface area contributed by atoms with Crippen LogP contribution in [0.4, 0.5) is 4.39 Å². The number of aliphatic hydroxyl groups excluding tert-OH is 1. The quantitative estimate of drug-likeness (QED) is 0.764. The van der Waals surface area contributed by atoms with E-state index in [0.717, 1.165) is 17.3 Å². The molecule has 0 unspecified atom stereocenters. The van der Waals surface area contributed by atoms with Gasteiger partial charge in [-0.25, -0.2) is 9.07 Å². The highest BCUT2D eigenvalue weighted by Crippen LogP contribution is 2.19. The molecule has 1 aliphatic carbocycles. The number of carbonyl (C=O) groups is 1. The van der Waals surface area contributed by atoms with Crippen molar-refractivity contribution in [3.05, 3.63) is 52.5 Å². The van der Waals surface area contributed by atoms with Crippen molar-refractivity contribution in [3.8, 4) is 5.69 Å². The molecular formula is C18H19BrFN3O2. The second-order valence-corrected chi connectivity index (χ2v) is 7.08. The van der Waals surface area contributed by atoms with E-state index in [4.69, 9.17) is 0 Å². The maximum atomic E-state index is 14.2. The fourth-order valence-corrected chi connectivity index (χ4v) is 3.17. The minimum absolute atomic E-state index is 0.0953. The molecule has 0 atom stereocenters. The van der Waals surface area contributed by atoms with Gasteiger partial charge in [0.15, 0.2) is 0 Å².